The Morgan fingerprint density at radius 1 is 0.950 bits per heavy atom. The molecule has 0 aliphatic carbocycles. The quantitative estimate of drug-likeness (QED) is 0.317. The standard InChI is InChI=1S/C31H27ClN4O4/c1-19-15-20(2)34-30(33-19)40-28-29(38)36-18-27(37)35(17-21-9-12-24(39-3)13-10-21)26-14-11-23(32)16-25(26)31(28,36)22-7-5-4-6-8-22/h4-16,28H,17-18H2,1-3H3/t28-,31-/m0/s1. The van der Waals surface area contributed by atoms with Crippen molar-refractivity contribution >= 4 is 29.1 Å². The van der Waals surface area contributed by atoms with Crippen molar-refractivity contribution in [3.8, 4) is 11.8 Å². The number of fused-ring (bicyclic) bond motifs is 3. The fourth-order valence-corrected chi connectivity index (χ4v) is 5.86. The highest BCUT2D eigenvalue weighted by Crippen LogP contribution is 2.53. The van der Waals surface area contributed by atoms with Gasteiger partial charge in [0.05, 0.1) is 19.3 Å². The summed E-state index contributed by atoms with van der Waals surface area (Å²) in [5.41, 5.74) is 3.38. The second-order valence-corrected chi connectivity index (χ2v) is 10.4. The molecule has 8 nitrogen and oxygen atoms in total. The number of hydrogen-bond acceptors (Lipinski definition) is 6. The molecule has 0 unspecified atom stereocenters. The molecule has 2 aliphatic rings. The number of β-lactam (4-membered cyclic amide) rings is 1. The molecule has 2 atom stereocenters. The first kappa shape index (κ1) is 25.8. The molecule has 1 fully saturated rings. The van der Waals surface area contributed by atoms with Crippen LogP contribution < -0.4 is 14.4 Å². The van der Waals surface area contributed by atoms with Crippen LogP contribution in [-0.2, 0) is 21.7 Å². The SMILES string of the molecule is COc1ccc(CN2C(=O)CN3C(=O)[C@H](Oc4nc(C)cc(C)n4)[C@]3(c3ccccc3)c3cc(Cl)ccc32)cc1. The number of aromatic nitrogens is 2. The number of rotatable bonds is 6. The lowest BCUT2D eigenvalue weighted by atomic mass is 9.69. The van der Waals surface area contributed by atoms with Gasteiger partial charge in [0.1, 0.15) is 17.8 Å². The minimum absolute atomic E-state index is 0.111. The van der Waals surface area contributed by atoms with Gasteiger partial charge in [0, 0.05) is 22.0 Å². The molecular formula is C31H27ClN4O4. The third kappa shape index (κ3) is 4.16. The van der Waals surface area contributed by atoms with E-state index in [1.54, 1.807) is 23.0 Å². The number of methoxy groups -OCH3 is 1. The van der Waals surface area contributed by atoms with Crippen molar-refractivity contribution in [2.75, 3.05) is 18.6 Å². The molecule has 2 aliphatic heterocycles. The van der Waals surface area contributed by atoms with E-state index in [1.807, 2.05) is 86.6 Å². The van der Waals surface area contributed by atoms with Gasteiger partial charge in [0.2, 0.25) is 12.0 Å². The van der Waals surface area contributed by atoms with Gasteiger partial charge in [-0.3, -0.25) is 9.59 Å². The second-order valence-electron chi connectivity index (χ2n) is 9.98. The van der Waals surface area contributed by atoms with Crippen LogP contribution in [0.4, 0.5) is 5.69 Å². The summed E-state index contributed by atoms with van der Waals surface area (Å²) >= 11 is 6.59. The van der Waals surface area contributed by atoms with E-state index in [-0.39, 0.29) is 24.4 Å². The largest absolute Gasteiger partial charge is 0.497 e. The maximum absolute atomic E-state index is 13.9. The Balaban J connectivity index is 1.53. The third-order valence-corrected chi connectivity index (χ3v) is 7.68. The van der Waals surface area contributed by atoms with Gasteiger partial charge in [0.15, 0.2) is 0 Å². The summed E-state index contributed by atoms with van der Waals surface area (Å²) in [6.45, 7) is 3.86. The monoisotopic (exact) mass is 554 g/mol. The van der Waals surface area contributed by atoms with Gasteiger partial charge in [-0.1, -0.05) is 54.1 Å². The van der Waals surface area contributed by atoms with Crippen molar-refractivity contribution in [2.24, 2.45) is 0 Å². The Morgan fingerprint density at radius 3 is 2.33 bits per heavy atom. The van der Waals surface area contributed by atoms with E-state index in [4.69, 9.17) is 21.1 Å². The van der Waals surface area contributed by atoms with E-state index in [2.05, 4.69) is 9.97 Å². The lowest BCUT2D eigenvalue weighted by molar-refractivity contribution is -0.178. The van der Waals surface area contributed by atoms with Crippen LogP contribution in [0.1, 0.15) is 28.1 Å². The summed E-state index contributed by atoms with van der Waals surface area (Å²) < 4.78 is 11.6. The Morgan fingerprint density at radius 2 is 1.65 bits per heavy atom. The average molecular weight is 555 g/mol. The first-order valence-electron chi connectivity index (χ1n) is 12.9. The molecule has 202 valence electrons. The van der Waals surface area contributed by atoms with Crippen molar-refractivity contribution in [1.82, 2.24) is 14.9 Å². The number of carbonyl (C=O) groups excluding carboxylic acids is 2. The predicted octanol–water partition coefficient (Wildman–Crippen LogP) is 4.84. The number of amides is 2. The van der Waals surface area contributed by atoms with E-state index in [1.165, 1.54) is 0 Å². The normalized spacial score (nSPS) is 19.9. The molecule has 40 heavy (non-hydrogen) atoms. The van der Waals surface area contributed by atoms with Crippen molar-refractivity contribution in [1.29, 1.82) is 0 Å². The van der Waals surface area contributed by atoms with Gasteiger partial charge in [-0.25, -0.2) is 9.97 Å². The molecule has 3 aromatic carbocycles. The number of anilines is 1. The highest BCUT2D eigenvalue weighted by atomic mass is 35.5. The molecular weight excluding hydrogens is 528 g/mol. The maximum Gasteiger partial charge on any atom is 0.317 e. The zero-order chi connectivity index (χ0) is 28.0. The summed E-state index contributed by atoms with van der Waals surface area (Å²) in [6, 6.07) is 24.5. The minimum atomic E-state index is -1.14. The Labute approximate surface area is 237 Å². The highest BCUT2D eigenvalue weighted by molar-refractivity contribution is 6.30. The third-order valence-electron chi connectivity index (χ3n) is 7.45. The van der Waals surface area contributed by atoms with Gasteiger partial charge in [-0.2, -0.15) is 0 Å². The molecule has 9 heteroatoms. The molecule has 0 radical (unpaired) electrons. The minimum Gasteiger partial charge on any atom is -0.497 e. The molecule has 0 spiro atoms. The van der Waals surface area contributed by atoms with Gasteiger partial charge in [0.25, 0.3) is 5.91 Å². The fourth-order valence-electron chi connectivity index (χ4n) is 5.69. The lowest BCUT2D eigenvalue weighted by Gasteiger charge is -2.55. The van der Waals surface area contributed by atoms with Crippen LogP contribution in [0, 0.1) is 13.8 Å². The van der Waals surface area contributed by atoms with Crippen LogP contribution >= 0.6 is 11.6 Å². The smallest absolute Gasteiger partial charge is 0.317 e. The van der Waals surface area contributed by atoms with E-state index in [0.717, 1.165) is 28.3 Å². The van der Waals surface area contributed by atoms with Crippen molar-refractivity contribution in [3.63, 3.8) is 0 Å². The number of halogens is 1. The summed E-state index contributed by atoms with van der Waals surface area (Å²) in [7, 11) is 1.61. The molecule has 0 N–H and O–H groups in total. The van der Waals surface area contributed by atoms with E-state index in [0.29, 0.717) is 22.8 Å². The highest BCUT2D eigenvalue weighted by Gasteiger charge is 2.67. The van der Waals surface area contributed by atoms with Gasteiger partial charge in [-0.05, 0) is 61.4 Å². The molecule has 6 rings (SSSR count). The zero-order valence-electron chi connectivity index (χ0n) is 22.3. The number of carbonyl (C=O) groups is 2. The van der Waals surface area contributed by atoms with E-state index < -0.39 is 11.6 Å². The van der Waals surface area contributed by atoms with Crippen molar-refractivity contribution < 1.29 is 19.1 Å². The number of benzene rings is 3. The molecule has 0 saturated carbocycles. The summed E-state index contributed by atoms with van der Waals surface area (Å²) in [4.78, 5) is 39.8. The Kier molecular flexibility index (Phi) is 6.43. The number of aryl methyl sites for hydroxylation is 2. The number of hydrogen-bond donors (Lipinski definition) is 0. The first-order valence-corrected chi connectivity index (χ1v) is 13.3. The molecule has 1 aromatic heterocycles. The van der Waals surface area contributed by atoms with Crippen LogP contribution in [-0.4, -0.2) is 46.4 Å². The van der Waals surface area contributed by atoms with Gasteiger partial charge in [-0.15, -0.1) is 0 Å². The van der Waals surface area contributed by atoms with E-state index in [9.17, 15) is 9.59 Å². The molecule has 4 aromatic rings. The van der Waals surface area contributed by atoms with Crippen LogP contribution in [0.15, 0.2) is 78.9 Å². The van der Waals surface area contributed by atoms with Gasteiger partial charge < -0.3 is 19.3 Å². The van der Waals surface area contributed by atoms with Crippen molar-refractivity contribution in [3.05, 3.63) is 112 Å². The van der Waals surface area contributed by atoms with E-state index >= 15 is 0 Å². The van der Waals surface area contributed by atoms with Gasteiger partial charge >= 0.3 is 6.01 Å². The Bertz CT molecular complexity index is 1590. The average Bonchev–Trinajstić information content (AvgIpc) is 3.03. The van der Waals surface area contributed by atoms with Crippen LogP contribution in [0.3, 0.4) is 0 Å². The number of ether oxygens (including phenoxy) is 2. The lowest BCUT2D eigenvalue weighted by Crippen LogP contribution is -2.74. The zero-order valence-corrected chi connectivity index (χ0v) is 23.1. The van der Waals surface area contributed by atoms with Crippen LogP contribution in [0.5, 0.6) is 11.8 Å². The summed E-state index contributed by atoms with van der Waals surface area (Å²) in [5.74, 6) is 0.188. The Hall–Kier alpha value is -4.43. The van der Waals surface area contributed by atoms with Crippen LogP contribution in [0.2, 0.25) is 5.02 Å². The first-order chi connectivity index (χ1) is 19.3. The molecule has 1 saturated heterocycles. The van der Waals surface area contributed by atoms with Crippen LogP contribution in [0.25, 0.3) is 0 Å². The van der Waals surface area contributed by atoms with Crippen molar-refractivity contribution in [2.45, 2.75) is 32.0 Å². The molecule has 2 amide bonds. The predicted molar refractivity (Wildman–Crippen MR) is 150 cm³/mol. The summed E-state index contributed by atoms with van der Waals surface area (Å²) in [6.07, 6.45) is -1.01. The fraction of sp³-hybridized carbons (Fsp3) is 0.226. The number of nitrogens with zero attached hydrogens (tertiary/aromatic N) is 4. The summed E-state index contributed by atoms with van der Waals surface area (Å²) in [5, 5.41) is 0.480. The molecule has 3 heterocycles. The molecule has 0 bridgehead atoms. The topological polar surface area (TPSA) is 84.9 Å². The maximum atomic E-state index is 13.9. The second kappa shape index (κ2) is 9.95.